The topological polar surface area (TPSA) is 80.2 Å². The highest BCUT2D eigenvalue weighted by Gasteiger charge is 2.22. The van der Waals surface area contributed by atoms with Gasteiger partial charge in [0.25, 0.3) is 0 Å². The van der Waals surface area contributed by atoms with Gasteiger partial charge in [0, 0.05) is 52.8 Å². The van der Waals surface area contributed by atoms with Crippen LogP contribution in [-0.4, -0.2) is 83.9 Å². The van der Waals surface area contributed by atoms with Crippen LogP contribution in [0.1, 0.15) is 26.2 Å². The zero-order valence-electron chi connectivity index (χ0n) is 15.0. The first kappa shape index (κ1) is 23.9. The van der Waals surface area contributed by atoms with Crippen LogP contribution in [0.3, 0.4) is 0 Å². The molecule has 1 saturated heterocycles. The third-order valence-electron chi connectivity index (χ3n) is 3.94. The second-order valence-corrected chi connectivity index (χ2v) is 8.09. The van der Waals surface area contributed by atoms with E-state index in [4.69, 9.17) is 9.47 Å². The Hall–Kier alpha value is -0.130. The van der Waals surface area contributed by atoms with Gasteiger partial charge in [-0.2, -0.15) is 0 Å². The van der Waals surface area contributed by atoms with E-state index < -0.39 is 9.84 Å². The van der Waals surface area contributed by atoms with Crippen molar-refractivity contribution in [3.63, 3.8) is 0 Å². The van der Waals surface area contributed by atoms with Gasteiger partial charge in [-0.25, -0.2) is 8.42 Å². The molecule has 1 heterocycles. The van der Waals surface area contributed by atoms with Crippen LogP contribution in [0.25, 0.3) is 0 Å². The van der Waals surface area contributed by atoms with Crippen LogP contribution < -0.4 is 5.32 Å². The minimum Gasteiger partial charge on any atom is -0.385 e. The molecule has 7 nitrogen and oxygen atoms in total. The molecule has 1 N–H and O–H groups in total. The average molecular weight is 477 g/mol. The number of ether oxygens (including phenoxy) is 2. The van der Waals surface area contributed by atoms with Gasteiger partial charge < -0.3 is 19.7 Å². The Kier molecular flexibility index (Phi) is 13.1. The van der Waals surface area contributed by atoms with Crippen LogP contribution in [0.4, 0.5) is 0 Å². The molecular formula is C15H32IN3O4S. The minimum absolute atomic E-state index is 0. The summed E-state index contributed by atoms with van der Waals surface area (Å²) in [5.41, 5.74) is 0. The van der Waals surface area contributed by atoms with E-state index in [1.165, 1.54) is 0 Å². The number of methoxy groups -OCH3 is 1. The van der Waals surface area contributed by atoms with Gasteiger partial charge in [-0.15, -0.1) is 24.0 Å². The highest BCUT2D eigenvalue weighted by Crippen LogP contribution is 2.14. The maximum absolute atomic E-state index is 11.5. The first-order chi connectivity index (χ1) is 11.0. The van der Waals surface area contributed by atoms with Crippen molar-refractivity contribution in [2.24, 2.45) is 4.99 Å². The fourth-order valence-electron chi connectivity index (χ4n) is 2.48. The van der Waals surface area contributed by atoms with Crippen molar-refractivity contribution in [1.82, 2.24) is 10.2 Å². The molecule has 1 fully saturated rings. The van der Waals surface area contributed by atoms with Gasteiger partial charge in [0.2, 0.25) is 0 Å². The maximum atomic E-state index is 11.5. The van der Waals surface area contributed by atoms with Crippen LogP contribution in [0.2, 0.25) is 0 Å². The monoisotopic (exact) mass is 477 g/mol. The smallest absolute Gasteiger partial charge is 0.193 e. The molecule has 1 aliphatic heterocycles. The summed E-state index contributed by atoms with van der Waals surface area (Å²) in [5, 5.41) is 3.14. The molecule has 0 aromatic rings. The number of halogens is 1. The molecule has 24 heavy (non-hydrogen) atoms. The Morgan fingerprint density at radius 2 is 1.96 bits per heavy atom. The molecule has 1 rings (SSSR count). The summed E-state index contributed by atoms with van der Waals surface area (Å²) in [4.78, 5) is 6.41. The predicted octanol–water partition coefficient (Wildman–Crippen LogP) is 1.13. The lowest BCUT2D eigenvalue weighted by Crippen LogP contribution is -2.48. The number of likely N-dealkylation sites (tertiary alicyclic amines) is 1. The van der Waals surface area contributed by atoms with E-state index in [0.717, 1.165) is 51.5 Å². The van der Waals surface area contributed by atoms with E-state index >= 15 is 0 Å². The molecule has 0 spiro atoms. The number of piperidine rings is 1. The Morgan fingerprint density at radius 1 is 1.29 bits per heavy atom. The highest BCUT2D eigenvalue weighted by atomic mass is 127. The summed E-state index contributed by atoms with van der Waals surface area (Å²) in [6.45, 7) is 5.28. The Balaban J connectivity index is 0.00000529. The first-order valence-electron chi connectivity index (χ1n) is 8.29. The summed E-state index contributed by atoms with van der Waals surface area (Å²) < 4.78 is 33.9. The van der Waals surface area contributed by atoms with Gasteiger partial charge in [0.1, 0.15) is 0 Å². The third-order valence-corrected chi connectivity index (χ3v) is 5.64. The average Bonchev–Trinajstić information content (AvgIpc) is 2.56. The molecule has 9 heteroatoms. The second-order valence-electron chi connectivity index (χ2n) is 5.61. The second kappa shape index (κ2) is 13.1. The molecule has 0 aromatic carbocycles. The quantitative estimate of drug-likeness (QED) is 0.232. The van der Waals surface area contributed by atoms with E-state index in [-0.39, 0.29) is 35.5 Å². The molecule has 0 amide bonds. The standard InChI is InChI=1S/C15H31N3O4S.HI/c1-4-23(19,20)13-8-17-15(16-2)18-9-6-14(7-10-18)22-12-5-11-21-3;/h14H,4-13H2,1-3H3,(H,16,17);1H. The van der Waals surface area contributed by atoms with E-state index in [9.17, 15) is 8.42 Å². The molecule has 0 radical (unpaired) electrons. The molecule has 0 atom stereocenters. The van der Waals surface area contributed by atoms with Crippen LogP contribution in [0.15, 0.2) is 4.99 Å². The van der Waals surface area contributed by atoms with Crippen molar-refractivity contribution in [3.8, 4) is 0 Å². The fourth-order valence-corrected chi connectivity index (χ4v) is 3.18. The molecule has 0 unspecified atom stereocenters. The van der Waals surface area contributed by atoms with Crippen molar-refractivity contribution < 1.29 is 17.9 Å². The largest absolute Gasteiger partial charge is 0.385 e. The summed E-state index contributed by atoms with van der Waals surface area (Å²) >= 11 is 0. The molecule has 0 saturated carbocycles. The Labute approximate surface area is 163 Å². The Morgan fingerprint density at radius 3 is 2.50 bits per heavy atom. The van der Waals surface area contributed by atoms with E-state index in [0.29, 0.717) is 12.6 Å². The number of hydrogen-bond acceptors (Lipinski definition) is 5. The zero-order valence-corrected chi connectivity index (χ0v) is 18.1. The van der Waals surface area contributed by atoms with Crippen LogP contribution in [0.5, 0.6) is 0 Å². The highest BCUT2D eigenvalue weighted by molar-refractivity contribution is 14.0. The summed E-state index contributed by atoms with van der Waals surface area (Å²) in [7, 11) is 0.479. The molecular weight excluding hydrogens is 445 g/mol. The van der Waals surface area contributed by atoms with Crippen molar-refractivity contribution >= 4 is 39.8 Å². The van der Waals surface area contributed by atoms with Crippen molar-refractivity contribution in [2.75, 3.05) is 58.5 Å². The first-order valence-corrected chi connectivity index (χ1v) is 10.1. The lowest BCUT2D eigenvalue weighted by atomic mass is 10.1. The van der Waals surface area contributed by atoms with Crippen LogP contribution in [0, 0.1) is 0 Å². The lowest BCUT2D eigenvalue weighted by Gasteiger charge is -2.34. The summed E-state index contributed by atoms with van der Waals surface area (Å²) in [5.74, 6) is 1.09. The van der Waals surface area contributed by atoms with Gasteiger partial charge in [-0.1, -0.05) is 6.92 Å². The van der Waals surface area contributed by atoms with Crippen molar-refractivity contribution in [3.05, 3.63) is 0 Å². The van der Waals surface area contributed by atoms with E-state index in [1.807, 2.05) is 0 Å². The van der Waals surface area contributed by atoms with Gasteiger partial charge >= 0.3 is 0 Å². The number of sulfone groups is 1. The number of nitrogens with one attached hydrogen (secondary N) is 1. The SMILES string of the molecule is CCS(=O)(=O)CCNC(=NC)N1CCC(OCCCOC)CC1.I. The summed E-state index contributed by atoms with van der Waals surface area (Å²) in [6, 6.07) is 0. The number of aliphatic imine (C=N–C) groups is 1. The predicted molar refractivity (Wildman–Crippen MR) is 108 cm³/mol. The molecule has 0 aliphatic carbocycles. The van der Waals surface area contributed by atoms with Crippen molar-refractivity contribution in [1.29, 1.82) is 0 Å². The van der Waals surface area contributed by atoms with Crippen molar-refractivity contribution in [2.45, 2.75) is 32.3 Å². The van der Waals surface area contributed by atoms with Gasteiger partial charge in [-0.05, 0) is 19.3 Å². The normalized spacial score (nSPS) is 16.8. The number of hydrogen-bond donors (Lipinski definition) is 1. The third kappa shape index (κ3) is 9.38. The maximum Gasteiger partial charge on any atom is 0.193 e. The van der Waals surface area contributed by atoms with Gasteiger partial charge in [0.15, 0.2) is 15.8 Å². The molecule has 0 aromatic heterocycles. The number of rotatable bonds is 9. The van der Waals surface area contributed by atoms with Crippen LogP contribution >= 0.6 is 24.0 Å². The zero-order chi connectivity index (χ0) is 17.1. The van der Waals surface area contributed by atoms with E-state index in [1.54, 1.807) is 21.1 Å². The molecule has 144 valence electrons. The summed E-state index contributed by atoms with van der Waals surface area (Å²) in [6.07, 6.45) is 3.13. The fraction of sp³-hybridized carbons (Fsp3) is 0.933. The van der Waals surface area contributed by atoms with Crippen LogP contribution in [-0.2, 0) is 19.3 Å². The molecule has 1 aliphatic rings. The molecule has 0 bridgehead atoms. The van der Waals surface area contributed by atoms with E-state index in [2.05, 4.69) is 15.2 Å². The minimum atomic E-state index is -2.94. The van der Waals surface area contributed by atoms with Gasteiger partial charge in [-0.3, -0.25) is 4.99 Å². The Bertz CT molecular complexity index is 452. The lowest BCUT2D eigenvalue weighted by molar-refractivity contribution is 0.00993. The van der Waals surface area contributed by atoms with Gasteiger partial charge in [0.05, 0.1) is 11.9 Å². The number of guanidine groups is 1. The number of nitrogens with zero attached hydrogens (tertiary/aromatic N) is 2.